The molecule has 1 aromatic heterocycles. The minimum Gasteiger partial charge on any atom is -0.276 e. The first-order valence-electron chi connectivity index (χ1n) is 6.64. The van der Waals surface area contributed by atoms with Crippen LogP contribution < -0.4 is 4.90 Å². The van der Waals surface area contributed by atoms with E-state index in [4.69, 9.17) is 11.6 Å². The number of amides is 2. The summed E-state index contributed by atoms with van der Waals surface area (Å²) in [6, 6.07) is 6.79. The summed E-state index contributed by atoms with van der Waals surface area (Å²) in [5, 5.41) is 4.58. The minimum absolute atomic E-state index is 0.175. The van der Waals surface area contributed by atoms with Gasteiger partial charge in [0.2, 0.25) is 11.8 Å². The van der Waals surface area contributed by atoms with Gasteiger partial charge in [-0.1, -0.05) is 17.7 Å². The molecule has 21 heavy (non-hydrogen) atoms. The smallest absolute Gasteiger partial charge is 0.237 e. The van der Waals surface area contributed by atoms with Gasteiger partial charge in [-0.05, 0) is 30.2 Å². The molecule has 3 rings (SSSR count). The predicted octanol–water partition coefficient (Wildman–Crippen LogP) is 2.20. The molecule has 2 amide bonds. The fraction of sp³-hybridized carbons (Fsp3) is 0.267. The fourth-order valence-corrected chi connectivity index (χ4v) is 2.79. The highest BCUT2D eigenvalue weighted by atomic mass is 35.5. The standard InChI is InChI=1S/C15H14ClN3O2/c1-18-9-10(8-17-18)5-11-6-14(20)19(15(11)21)13-4-2-3-12(16)7-13/h2-4,7-9,11H,5-6H2,1H3. The van der Waals surface area contributed by atoms with Crippen molar-refractivity contribution < 1.29 is 9.59 Å². The van der Waals surface area contributed by atoms with Crippen LogP contribution >= 0.6 is 11.6 Å². The second-order valence-electron chi connectivity index (χ2n) is 5.17. The maximum Gasteiger partial charge on any atom is 0.237 e. The zero-order valence-corrected chi connectivity index (χ0v) is 12.2. The molecule has 0 bridgehead atoms. The molecule has 1 fully saturated rings. The number of aromatic nitrogens is 2. The molecule has 1 atom stereocenters. The Labute approximate surface area is 127 Å². The molecule has 0 saturated carbocycles. The summed E-state index contributed by atoms with van der Waals surface area (Å²) in [4.78, 5) is 25.8. The highest BCUT2D eigenvalue weighted by molar-refractivity contribution is 6.31. The van der Waals surface area contributed by atoms with Gasteiger partial charge in [0, 0.05) is 24.7 Å². The van der Waals surface area contributed by atoms with Crippen LogP contribution in [0.25, 0.3) is 0 Å². The van der Waals surface area contributed by atoms with Crippen molar-refractivity contribution in [3.63, 3.8) is 0 Å². The summed E-state index contributed by atoms with van der Waals surface area (Å²) < 4.78 is 1.69. The lowest BCUT2D eigenvalue weighted by Gasteiger charge is -2.15. The summed E-state index contributed by atoms with van der Waals surface area (Å²) >= 11 is 5.93. The number of halogens is 1. The molecular weight excluding hydrogens is 290 g/mol. The van der Waals surface area contributed by atoms with Crippen LogP contribution in [0, 0.1) is 5.92 Å². The predicted molar refractivity (Wildman–Crippen MR) is 79.0 cm³/mol. The van der Waals surface area contributed by atoms with Gasteiger partial charge in [0.15, 0.2) is 0 Å². The van der Waals surface area contributed by atoms with Gasteiger partial charge in [-0.3, -0.25) is 19.2 Å². The van der Waals surface area contributed by atoms with E-state index in [9.17, 15) is 9.59 Å². The zero-order valence-electron chi connectivity index (χ0n) is 11.5. The van der Waals surface area contributed by atoms with Crippen molar-refractivity contribution in [3.8, 4) is 0 Å². The van der Waals surface area contributed by atoms with Crippen LogP contribution in [0.4, 0.5) is 5.69 Å². The summed E-state index contributed by atoms with van der Waals surface area (Å²) in [5.41, 5.74) is 1.49. The van der Waals surface area contributed by atoms with Gasteiger partial charge in [0.05, 0.1) is 17.8 Å². The second kappa shape index (κ2) is 5.33. The van der Waals surface area contributed by atoms with Crippen LogP contribution in [0.3, 0.4) is 0 Å². The number of hydrogen-bond acceptors (Lipinski definition) is 3. The Balaban J connectivity index is 1.82. The van der Waals surface area contributed by atoms with Gasteiger partial charge in [-0.25, -0.2) is 0 Å². The van der Waals surface area contributed by atoms with E-state index in [-0.39, 0.29) is 24.2 Å². The van der Waals surface area contributed by atoms with Crippen molar-refractivity contribution in [2.24, 2.45) is 13.0 Å². The minimum atomic E-state index is -0.333. The van der Waals surface area contributed by atoms with Gasteiger partial charge in [0.25, 0.3) is 0 Å². The Hall–Kier alpha value is -2.14. The molecule has 0 radical (unpaired) electrons. The number of anilines is 1. The van der Waals surface area contributed by atoms with Gasteiger partial charge >= 0.3 is 0 Å². The summed E-state index contributed by atoms with van der Waals surface area (Å²) in [7, 11) is 1.82. The molecule has 1 aromatic carbocycles. The molecule has 0 spiro atoms. The van der Waals surface area contributed by atoms with Crippen LogP contribution in [-0.4, -0.2) is 21.6 Å². The van der Waals surface area contributed by atoms with Crippen molar-refractivity contribution in [1.82, 2.24) is 9.78 Å². The molecule has 0 N–H and O–H groups in total. The van der Waals surface area contributed by atoms with E-state index in [0.717, 1.165) is 5.56 Å². The van der Waals surface area contributed by atoms with E-state index in [1.54, 1.807) is 35.1 Å². The Morgan fingerprint density at radius 2 is 2.19 bits per heavy atom. The average molecular weight is 304 g/mol. The maximum atomic E-state index is 12.5. The van der Waals surface area contributed by atoms with Gasteiger partial charge in [0.1, 0.15) is 0 Å². The third-order valence-electron chi connectivity index (χ3n) is 3.55. The first kappa shape index (κ1) is 13.8. The van der Waals surface area contributed by atoms with E-state index in [1.807, 2.05) is 13.2 Å². The number of imide groups is 1. The second-order valence-corrected chi connectivity index (χ2v) is 5.61. The quantitative estimate of drug-likeness (QED) is 0.817. The van der Waals surface area contributed by atoms with Crippen LogP contribution in [0.15, 0.2) is 36.7 Å². The summed E-state index contributed by atoms with van der Waals surface area (Å²) in [6.45, 7) is 0. The molecule has 1 aliphatic heterocycles. The first-order valence-corrected chi connectivity index (χ1v) is 7.02. The third-order valence-corrected chi connectivity index (χ3v) is 3.78. The van der Waals surface area contributed by atoms with E-state index in [1.165, 1.54) is 4.90 Å². The summed E-state index contributed by atoms with van der Waals surface area (Å²) in [5.74, 6) is -0.692. The largest absolute Gasteiger partial charge is 0.276 e. The van der Waals surface area contributed by atoms with E-state index in [0.29, 0.717) is 17.1 Å². The maximum absolute atomic E-state index is 12.5. The SMILES string of the molecule is Cn1cc(CC2CC(=O)N(c3cccc(Cl)c3)C2=O)cn1. The fourth-order valence-electron chi connectivity index (χ4n) is 2.60. The van der Waals surface area contributed by atoms with E-state index >= 15 is 0 Å². The van der Waals surface area contributed by atoms with E-state index in [2.05, 4.69) is 5.10 Å². The van der Waals surface area contributed by atoms with Crippen molar-refractivity contribution in [2.75, 3.05) is 4.90 Å². The molecule has 2 aromatic rings. The van der Waals surface area contributed by atoms with Gasteiger partial charge < -0.3 is 0 Å². The average Bonchev–Trinajstić information content (AvgIpc) is 2.94. The van der Waals surface area contributed by atoms with Crippen molar-refractivity contribution in [1.29, 1.82) is 0 Å². The first-order chi connectivity index (χ1) is 10.0. The number of hydrogen-bond donors (Lipinski definition) is 0. The molecule has 5 nitrogen and oxygen atoms in total. The highest BCUT2D eigenvalue weighted by Gasteiger charge is 2.39. The van der Waals surface area contributed by atoms with Crippen LogP contribution in [-0.2, 0) is 23.1 Å². The van der Waals surface area contributed by atoms with Crippen LogP contribution in [0.5, 0.6) is 0 Å². The molecule has 2 heterocycles. The normalized spacial score (nSPS) is 18.6. The Morgan fingerprint density at radius 1 is 1.38 bits per heavy atom. The number of aryl methyl sites for hydroxylation is 1. The number of carbonyl (C=O) groups excluding carboxylic acids is 2. The molecule has 0 aliphatic carbocycles. The third kappa shape index (κ3) is 2.69. The molecule has 1 unspecified atom stereocenters. The number of rotatable bonds is 3. The molecule has 1 aliphatic rings. The number of carbonyl (C=O) groups is 2. The Morgan fingerprint density at radius 3 is 2.86 bits per heavy atom. The van der Waals surface area contributed by atoms with Crippen molar-refractivity contribution in [3.05, 3.63) is 47.2 Å². The van der Waals surface area contributed by atoms with Crippen molar-refractivity contribution >= 4 is 29.1 Å². The van der Waals surface area contributed by atoms with E-state index < -0.39 is 0 Å². The van der Waals surface area contributed by atoms with Crippen LogP contribution in [0.1, 0.15) is 12.0 Å². The number of benzene rings is 1. The Bertz CT molecular complexity index is 710. The molecule has 108 valence electrons. The summed E-state index contributed by atoms with van der Waals surface area (Å²) in [6.07, 6.45) is 4.33. The lowest BCUT2D eigenvalue weighted by molar-refractivity contribution is -0.122. The monoisotopic (exact) mass is 303 g/mol. The highest BCUT2D eigenvalue weighted by Crippen LogP contribution is 2.29. The lowest BCUT2D eigenvalue weighted by Crippen LogP contribution is -2.30. The molecule has 6 heteroatoms. The van der Waals surface area contributed by atoms with Gasteiger partial charge in [-0.2, -0.15) is 5.10 Å². The lowest BCUT2D eigenvalue weighted by atomic mass is 10.0. The molecule has 1 saturated heterocycles. The topological polar surface area (TPSA) is 55.2 Å². The van der Waals surface area contributed by atoms with Gasteiger partial charge in [-0.15, -0.1) is 0 Å². The number of nitrogens with zero attached hydrogens (tertiary/aromatic N) is 3. The van der Waals surface area contributed by atoms with Crippen molar-refractivity contribution in [2.45, 2.75) is 12.8 Å². The molecular formula is C15H14ClN3O2. The Kier molecular flexibility index (Phi) is 3.51. The zero-order chi connectivity index (χ0) is 15.0. The van der Waals surface area contributed by atoms with Crippen LogP contribution in [0.2, 0.25) is 5.02 Å².